The van der Waals surface area contributed by atoms with E-state index in [0.717, 1.165) is 64.2 Å². The Kier molecular flexibility index (Phi) is 66.8. The maximum absolute atomic E-state index is 12.4. The van der Waals surface area contributed by atoms with Gasteiger partial charge in [-0.2, -0.15) is 0 Å². The molecule has 0 aliphatic rings. The molecule has 78 heavy (non-hydrogen) atoms. The van der Waals surface area contributed by atoms with Gasteiger partial charge in [0, 0.05) is 12.8 Å². The number of aliphatic hydroxyl groups is 1. The molecule has 0 spiro atoms. The van der Waals surface area contributed by atoms with E-state index in [1.54, 1.807) is 0 Å². The first-order valence-electron chi connectivity index (χ1n) is 34.8. The normalized spacial score (nSPS) is 12.5. The Balaban J connectivity index is 3.40. The molecule has 0 rings (SSSR count). The van der Waals surface area contributed by atoms with Gasteiger partial charge >= 0.3 is 11.9 Å². The molecule has 0 heterocycles. The number of aliphatic hydroxyl groups excluding tert-OH is 1. The van der Waals surface area contributed by atoms with Gasteiger partial charge in [0.1, 0.15) is 6.61 Å². The van der Waals surface area contributed by atoms with E-state index in [2.05, 4.69) is 74.6 Å². The third-order valence-electron chi connectivity index (χ3n) is 15.8. The Morgan fingerprint density at radius 2 is 0.551 bits per heavy atom. The molecule has 5 heteroatoms. The maximum atomic E-state index is 12.4. The zero-order valence-corrected chi connectivity index (χ0v) is 52.4. The van der Waals surface area contributed by atoms with E-state index in [4.69, 9.17) is 9.47 Å². The number of unbranched alkanes of at least 4 members (excludes halogenated alkanes) is 47. The van der Waals surface area contributed by atoms with Gasteiger partial charge in [0.05, 0.1) is 6.61 Å². The van der Waals surface area contributed by atoms with Crippen LogP contribution in [-0.4, -0.2) is 36.4 Å². The number of esters is 2. The third-order valence-corrected chi connectivity index (χ3v) is 15.8. The number of hydrogen-bond donors (Lipinski definition) is 1. The van der Waals surface area contributed by atoms with Crippen LogP contribution in [0.2, 0.25) is 0 Å². The summed E-state index contributed by atoms with van der Waals surface area (Å²) in [5.41, 5.74) is 0. The maximum Gasteiger partial charge on any atom is 0.306 e. The second-order valence-corrected chi connectivity index (χ2v) is 23.6. The summed E-state index contributed by atoms with van der Waals surface area (Å²) in [6.07, 6.45) is 94.0. The van der Waals surface area contributed by atoms with Crippen molar-refractivity contribution in [3.8, 4) is 0 Å². The van der Waals surface area contributed by atoms with Crippen LogP contribution in [0.4, 0.5) is 0 Å². The van der Waals surface area contributed by atoms with Crippen LogP contribution in [0.25, 0.3) is 0 Å². The zero-order chi connectivity index (χ0) is 56.2. The lowest BCUT2D eigenvalue weighted by molar-refractivity contribution is -0.161. The van der Waals surface area contributed by atoms with Crippen molar-refractivity contribution in [3.63, 3.8) is 0 Å². The number of rotatable bonds is 65. The van der Waals surface area contributed by atoms with Crippen molar-refractivity contribution >= 4 is 11.9 Å². The van der Waals surface area contributed by atoms with Gasteiger partial charge in [-0.15, -0.1) is 0 Å². The number of carbonyl (C=O) groups excluding carboxylic acids is 2. The number of carbonyl (C=O) groups is 2. The molecule has 1 N–H and O–H groups in total. The molecule has 0 fully saturated rings. The van der Waals surface area contributed by atoms with Gasteiger partial charge in [0.2, 0.25) is 0 Å². The summed E-state index contributed by atoms with van der Waals surface area (Å²) in [5, 5.41) is 9.70. The Morgan fingerprint density at radius 3 is 0.833 bits per heavy atom. The van der Waals surface area contributed by atoms with E-state index in [1.165, 1.54) is 283 Å². The number of hydrogen-bond acceptors (Lipinski definition) is 5. The molecular weight excluding hydrogens is 957 g/mol. The molecule has 0 saturated heterocycles. The lowest BCUT2D eigenvalue weighted by Crippen LogP contribution is -2.28. The molecule has 456 valence electrons. The zero-order valence-electron chi connectivity index (χ0n) is 52.4. The molecule has 0 bridgehead atoms. The van der Waals surface area contributed by atoms with Crippen LogP contribution in [-0.2, 0) is 19.1 Å². The molecule has 0 aromatic carbocycles. The summed E-state index contributed by atoms with van der Waals surface area (Å²) in [6, 6.07) is 0. The molecule has 0 amide bonds. The highest BCUT2D eigenvalue weighted by Crippen LogP contribution is 2.19. The minimum absolute atomic E-state index is 0.0609. The Bertz CT molecular complexity index is 1330. The van der Waals surface area contributed by atoms with Crippen LogP contribution in [0.3, 0.4) is 0 Å². The number of ether oxygens (including phenoxy) is 2. The second-order valence-electron chi connectivity index (χ2n) is 23.6. The summed E-state index contributed by atoms with van der Waals surface area (Å²) in [7, 11) is 0. The molecule has 0 aromatic rings. The summed E-state index contributed by atoms with van der Waals surface area (Å²) in [4.78, 5) is 24.7. The van der Waals surface area contributed by atoms with E-state index < -0.39 is 6.10 Å². The van der Waals surface area contributed by atoms with Gasteiger partial charge in [-0.25, -0.2) is 0 Å². The van der Waals surface area contributed by atoms with Gasteiger partial charge in [-0.05, 0) is 57.8 Å². The molecule has 0 aromatic heterocycles. The molecule has 0 aliphatic carbocycles. The lowest BCUT2D eigenvalue weighted by atomic mass is 10.0. The highest BCUT2D eigenvalue weighted by atomic mass is 16.6. The van der Waals surface area contributed by atoms with Gasteiger partial charge in [0.15, 0.2) is 6.10 Å². The van der Waals surface area contributed by atoms with Gasteiger partial charge < -0.3 is 14.6 Å². The van der Waals surface area contributed by atoms with Gasteiger partial charge in [0.25, 0.3) is 0 Å². The fraction of sp³-hybridized carbons (Fsp3) is 0.836. The first-order valence-corrected chi connectivity index (χ1v) is 34.8. The summed E-state index contributed by atoms with van der Waals surface area (Å²) >= 11 is 0. The van der Waals surface area contributed by atoms with Crippen molar-refractivity contribution < 1.29 is 24.2 Å². The van der Waals surface area contributed by atoms with Crippen molar-refractivity contribution in [2.75, 3.05) is 13.2 Å². The van der Waals surface area contributed by atoms with E-state index in [1.807, 2.05) is 0 Å². The predicted molar refractivity (Wildman–Crippen MR) is 344 cm³/mol. The summed E-state index contributed by atoms with van der Waals surface area (Å²) < 4.78 is 10.8. The Morgan fingerprint density at radius 1 is 0.308 bits per heavy atom. The van der Waals surface area contributed by atoms with Crippen LogP contribution >= 0.6 is 0 Å². The van der Waals surface area contributed by atoms with Crippen molar-refractivity contribution in [2.45, 2.75) is 380 Å². The van der Waals surface area contributed by atoms with Crippen LogP contribution in [0, 0.1) is 0 Å². The largest absolute Gasteiger partial charge is 0.462 e. The first kappa shape index (κ1) is 75.6. The highest BCUT2D eigenvalue weighted by molar-refractivity contribution is 5.70. The molecular formula is C73H134O5. The molecule has 0 radical (unpaired) electrons. The number of allylic oxidation sites excluding steroid dienone is 10. The van der Waals surface area contributed by atoms with Crippen LogP contribution in [0.5, 0.6) is 0 Å². The van der Waals surface area contributed by atoms with E-state index in [-0.39, 0.29) is 25.2 Å². The van der Waals surface area contributed by atoms with Crippen molar-refractivity contribution in [1.29, 1.82) is 0 Å². The fourth-order valence-electron chi connectivity index (χ4n) is 10.6. The molecule has 5 nitrogen and oxygen atoms in total. The lowest BCUT2D eigenvalue weighted by Gasteiger charge is -2.15. The average molecular weight is 1090 g/mol. The first-order chi connectivity index (χ1) is 38.6. The van der Waals surface area contributed by atoms with Crippen molar-refractivity contribution in [3.05, 3.63) is 60.8 Å². The monoisotopic (exact) mass is 1090 g/mol. The molecule has 1 atom stereocenters. The van der Waals surface area contributed by atoms with E-state index >= 15 is 0 Å². The fourth-order valence-corrected chi connectivity index (χ4v) is 10.6. The summed E-state index contributed by atoms with van der Waals surface area (Å²) in [5.74, 6) is -0.569. The Labute approximate surface area is 487 Å². The molecule has 0 aliphatic heterocycles. The molecule has 0 saturated carbocycles. The van der Waals surface area contributed by atoms with Crippen molar-refractivity contribution in [1.82, 2.24) is 0 Å². The standard InChI is InChI=1S/C73H134O5/c1-3-5-7-9-11-13-15-17-19-21-23-25-27-29-31-33-35-36-38-40-42-44-46-48-50-52-54-56-58-60-62-64-66-68-73(76)78-71(69-74)70-77-72(75)67-65-63-61-59-57-55-53-51-49-47-45-43-41-39-37-34-32-30-28-26-24-22-20-18-16-14-12-10-8-6-4-2/h5,7,11,13,17,19,23,25,29,31,71,74H,3-4,6,8-10,12,14-16,18,20-22,24,26-28,30,32-70H2,1-2H3/b7-5-,13-11-,19-17-,25-23-,31-29-. The van der Waals surface area contributed by atoms with Crippen molar-refractivity contribution in [2.24, 2.45) is 0 Å². The van der Waals surface area contributed by atoms with Gasteiger partial charge in [-0.3, -0.25) is 9.59 Å². The average Bonchev–Trinajstić information content (AvgIpc) is 3.44. The predicted octanol–water partition coefficient (Wildman–Crippen LogP) is 24.1. The van der Waals surface area contributed by atoms with Gasteiger partial charge in [-0.1, -0.05) is 364 Å². The topological polar surface area (TPSA) is 72.8 Å². The second kappa shape index (κ2) is 68.9. The minimum Gasteiger partial charge on any atom is -0.462 e. The third kappa shape index (κ3) is 66.1. The van der Waals surface area contributed by atoms with E-state index in [0.29, 0.717) is 12.8 Å². The minimum atomic E-state index is -0.772. The van der Waals surface area contributed by atoms with Crippen LogP contribution < -0.4 is 0 Å². The summed E-state index contributed by atoms with van der Waals surface area (Å²) in [6.45, 7) is 4.09. The Hall–Kier alpha value is -2.40. The quantitative estimate of drug-likeness (QED) is 0.0373. The highest BCUT2D eigenvalue weighted by Gasteiger charge is 2.16. The smallest absolute Gasteiger partial charge is 0.306 e. The van der Waals surface area contributed by atoms with Crippen LogP contribution in [0.1, 0.15) is 373 Å². The van der Waals surface area contributed by atoms with Crippen LogP contribution in [0.15, 0.2) is 60.8 Å². The van der Waals surface area contributed by atoms with E-state index in [9.17, 15) is 14.7 Å². The SMILES string of the molecule is CC/C=C\C/C=C\C/C=C\C/C=C\C/C=C\CCCCCCCCCCCCCCCCCCCC(=O)OC(CO)COC(=O)CCCCCCCCCCCCCCCCCCCCCCCCCCCCCCCCC. The molecule has 1 unspecified atom stereocenters.